The van der Waals surface area contributed by atoms with Gasteiger partial charge >= 0.3 is 0 Å². The maximum Gasteiger partial charge on any atom is 0.231 e. The van der Waals surface area contributed by atoms with Crippen molar-refractivity contribution in [2.45, 2.75) is 44.9 Å². The van der Waals surface area contributed by atoms with Crippen LogP contribution in [0.15, 0.2) is 18.2 Å². The van der Waals surface area contributed by atoms with Gasteiger partial charge < -0.3 is 19.7 Å². The van der Waals surface area contributed by atoms with Gasteiger partial charge in [0.2, 0.25) is 18.6 Å². The van der Waals surface area contributed by atoms with Gasteiger partial charge in [-0.25, -0.2) is 0 Å². The summed E-state index contributed by atoms with van der Waals surface area (Å²) in [7, 11) is 0. The Morgan fingerprint density at radius 1 is 1.12 bits per heavy atom. The van der Waals surface area contributed by atoms with Crippen LogP contribution in [0.1, 0.15) is 44.9 Å². The summed E-state index contributed by atoms with van der Waals surface area (Å²) in [6.45, 7) is 1.42. The second-order valence-electron chi connectivity index (χ2n) is 7.62. The fraction of sp³-hybridized carbons (Fsp3) is 0.600. The number of benzene rings is 1. The van der Waals surface area contributed by atoms with Gasteiger partial charge in [-0.2, -0.15) is 0 Å². The van der Waals surface area contributed by atoms with Crippen molar-refractivity contribution in [2.24, 2.45) is 11.8 Å². The number of carbonyl (C=O) groups is 2. The highest BCUT2D eigenvalue weighted by molar-refractivity contribution is 5.96. The molecule has 140 valence electrons. The van der Waals surface area contributed by atoms with Crippen LogP contribution in [0, 0.1) is 11.8 Å². The third kappa shape index (κ3) is 3.79. The van der Waals surface area contributed by atoms with Gasteiger partial charge in [-0.05, 0) is 30.9 Å². The summed E-state index contributed by atoms with van der Waals surface area (Å²) in [5, 5.41) is 3.04. The molecule has 6 heteroatoms. The molecule has 1 saturated carbocycles. The average Bonchev–Trinajstić information content (AvgIpc) is 3.26. The average molecular weight is 358 g/mol. The molecule has 1 aromatic carbocycles. The highest BCUT2D eigenvalue weighted by atomic mass is 16.7. The molecular weight excluding hydrogens is 332 g/mol. The van der Waals surface area contributed by atoms with Crippen LogP contribution >= 0.6 is 0 Å². The predicted octanol–water partition coefficient (Wildman–Crippen LogP) is 2.85. The summed E-state index contributed by atoms with van der Waals surface area (Å²) in [6.07, 6.45) is 7.25. The molecule has 1 aliphatic carbocycles. The molecule has 3 aliphatic rings. The summed E-state index contributed by atoms with van der Waals surface area (Å²) in [5.41, 5.74) is 0.829. The minimum Gasteiger partial charge on any atom is -0.454 e. The van der Waals surface area contributed by atoms with E-state index in [1.165, 1.54) is 32.1 Å². The largest absolute Gasteiger partial charge is 0.454 e. The quantitative estimate of drug-likeness (QED) is 0.879. The van der Waals surface area contributed by atoms with Crippen LogP contribution in [-0.4, -0.2) is 31.7 Å². The number of carbonyl (C=O) groups excluding carboxylic acids is 2. The zero-order valence-electron chi connectivity index (χ0n) is 15.0. The fourth-order valence-electron chi connectivity index (χ4n) is 4.20. The van der Waals surface area contributed by atoms with Crippen molar-refractivity contribution in [2.75, 3.05) is 24.8 Å². The second-order valence-corrected chi connectivity index (χ2v) is 7.62. The lowest BCUT2D eigenvalue weighted by atomic mass is 9.87. The molecule has 1 N–H and O–H groups in total. The summed E-state index contributed by atoms with van der Waals surface area (Å²) in [6, 6.07) is 5.57. The van der Waals surface area contributed by atoms with Crippen LogP contribution in [0.4, 0.5) is 5.69 Å². The molecule has 2 heterocycles. The lowest BCUT2D eigenvalue weighted by molar-refractivity contribution is -0.122. The molecule has 2 fully saturated rings. The van der Waals surface area contributed by atoms with Gasteiger partial charge in [0, 0.05) is 43.6 Å². The van der Waals surface area contributed by atoms with Crippen molar-refractivity contribution in [1.82, 2.24) is 5.32 Å². The van der Waals surface area contributed by atoms with Crippen molar-refractivity contribution < 1.29 is 19.1 Å². The molecule has 0 unspecified atom stereocenters. The first-order valence-corrected chi connectivity index (χ1v) is 9.66. The Morgan fingerprint density at radius 2 is 1.92 bits per heavy atom. The molecule has 2 amide bonds. The van der Waals surface area contributed by atoms with E-state index in [0.29, 0.717) is 43.3 Å². The van der Waals surface area contributed by atoms with Gasteiger partial charge in [-0.3, -0.25) is 9.59 Å². The van der Waals surface area contributed by atoms with Crippen molar-refractivity contribution >= 4 is 17.5 Å². The van der Waals surface area contributed by atoms with Crippen LogP contribution in [0.5, 0.6) is 11.5 Å². The Hall–Kier alpha value is -2.24. The highest BCUT2D eigenvalue weighted by Crippen LogP contribution is 2.37. The Labute approximate surface area is 153 Å². The molecule has 0 aromatic heterocycles. The number of hydrogen-bond acceptors (Lipinski definition) is 4. The van der Waals surface area contributed by atoms with E-state index in [2.05, 4.69) is 5.32 Å². The van der Waals surface area contributed by atoms with Crippen molar-refractivity contribution in [1.29, 1.82) is 0 Å². The smallest absolute Gasteiger partial charge is 0.231 e. The molecule has 6 nitrogen and oxygen atoms in total. The molecule has 26 heavy (non-hydrogen) atoms. The maximum atomic E-state index is 12.4. The van der Waals surface area contributed by atoms with Gasteiger partial charge in [-0.1, -0.05) is 19.3 Å². The van der Waals surface area contributed by atoms with E-state index >= 15 is 0 Å². The molecule has 0 radical (unpaired) electrons. The second kappa shape index (κ2) is 7.56. The van der Waals surface area contributed by atoms with E-state index in [1.807, 2.05) is 18.2 Å². The van der Waals surface area contributed by atoms with Crippen molar-refractivity contribution in [3.8, 4) is 11.5 Å². The van der Waals surface area contributed by atoms with Gasteiger partial charge in [0.25, 0.3) is 0 Å². The summed E-state index contributed by atoms with van der Waals surface area (Å²) < 4.78 is 10.7. The van der Waals surface area contributed by atoms with E-state index in [0.717, 1.165) is 5.69 Å². The number of ether oxygens (including phenoxy) is 2. The topological polar surface area (TPSA) is 67.9 Å². The number of rotatable bonds is 5. The zero-order chi connectivity index (χ0) is 17.9. The van der Waals surface area contributed by atoms with E-state index < -0.39 is 0 Å². The molecule has 1 atom stereocenters. The number of hydrogen-bond donors (Lipinski definition) is 1. The first-order valence-electron chi connectivity index (χ1n) is 9.66. The number of nitrogens with one attached hydrogen (secondary N) is 1. The van der Waals surface area contributed by atoms with E-state index in [-0.39, 0.29) is 24.5 Å². The number of amides is 2. The number of anilines is 1. The van der Waals surface area contributed by atoms with Crippen LogP contribution < -0.4 is 19.7 Å². The van der Waals surface area contributed by atoms with Crippen molar-refractivity contribution in [3.63, 3.8) is 0 Å². The first-order chi connectivity index (χ1) is 12.7. The standard InChI is InChI=1S/C20H26N2O4/c23-19(8-14-4-2-1-3-5-14)21-11-15-9-20(24)22(12-15)16-6-7-17-18(10-16)26-13-25-17/h6-7,10,14-15H,1-5,8-9,11-13H2,(H,21,23)/t15-/m1/s1. The van der Waals surface area contributed by atoms with Crippen LogP contribution in [-0.2, 0) is 9.59 Å². The molecule has 4 rings (SSSR count). The highest BCUT2D eigenvalue weighted by Gasteiger charge is 2.31. The first kappa shape index (κ1) is 17.2. The van der Waals surface area contributed by atoms with Crippen LogP contribution in [0.25, 0.3) is 0 Å². The lowest BCUT2D eigenvalue weighted by Crippen LogP contribution is -2.32. The third-order valence-corrected chi connectivity index (χ3v) is 5.66. The molecule has 1 aromatic rings. The molecule has 0 bridgehead atoms. The maximum absolute atomic E-state index is 12.4. The predicted molar refractivity (Wildman–Crippen MR) is 97.2 cm³/mol. The van der Waals surface area contributed by atoms with Gasteiger partial charge in [-0.15, -0.1) is 0 Å². The number of fused-ring (bicyclic) bond motifs is 1. The Balaban J connectivity index is 1.28. The SMILES string of the molecule is O=C(CC1CCCCC1)NC[C@H]1CC(=O)N(c2ccc3c(c2)OCO3)C1. The summed E-state index contributed by atoms with van der Waals surface area (Å²) >= 11 is 0. The Morgan fingerprint density at radius 3 is 2.77 bits per heavy atom. The lowest BCUT2D eigenvalue weighted by Gasteiger charge is -2.21. The molecule has 1 saturated heterocycles. The summed E-state index contributed by atoms with van der Waals surface area (Å²) in [5.74, 6) is 2.31. The van der Waals surface area contributed by atoms with E-state index in [4.69, 9.17) is 9.47 Å². The molecule has 2 aliphatic heterocycles. The van der Waals surface area contributed by atoms with Gasteiger partial charge in [0.05, 0.1) is 0 Å². The van der Waals surface area contributed by atoms with Crippen LogP contribution in [0.2, 0.25) is 0 Å². The molecule has 0 spiro atoms. The monoisotopic (exact) mass is 358 g/mol. The summed E-state index contributed by atoms with van der Waals surface area (Å²) in [4.78, 5) is 26.4. The van der Waals surface area contributed by atoms with Crippen molar-refractivity contribution in [3.05, 3.63) is 18.2 Å². The van der Waals surface area contributed by atoms with Gasteiger partial charge in [0.1, 0.15) is 0 Å². The Bertz CT molecular complexity index is 684. The minimum atomic E-state index is 0.0930. The third-order valence-electron chi connectivity index (χ3n) is 5.66. The Kier molecular flexibility index (Phi) is 5.00. The van der Waals surface area contributed by atoms with Gasteiger partial charge in [0.15, 0.2) is 11.5 Å². The number of nitrogens with zero attached hydrogens (tertiary/aromatic N) is 1. The van der Waals surface area contributed by atoms with Crippen LogP contribution in [0.3, 0.4) is 0 Å². The molecular formula is C20H26N2O4. The zero-order valence-corrected chi connectivity index (χ0v) is 15.0. The van der Waals surface area contributed by atoms with E-state index in [1.54, 1.807) is 4.90 Å². The van der Waals surface area contributed by atoms with E-state index in [9.17, 15) is 9.59 Å². The normalized spacial score (nSPS) is 22.7. The fourth-order valence-corrected chi connectivity index (χ4v) is 4.20. The minimum absolute atomic E-state index is 0.0930.